The molecule has 3 heterocycles. The molecule has 8 nitrogen and oxygen atoms in total. The molecule has 0 saturated heterocycles. The van der Waals surface area contributed by atoms with Gasteiger partial charge in [0.05, 0.1) is 0 Å². The van der Waals surface area contributed by atoms with E-state index in [4.69, 9.17) is 10.7 Å². The molecule has 2 aromatic heterocycles. The Labute approximate surface area is 220 Å². The molecule has 3 aromatic rings. The summed E-state index contributed by atoms with van der Waals surface area (Å²) in [5.74, 6) is 0.954. The van der Waals surface area contributed by atoms with Crippen LogP contribution in [0.3, 0.4) is 0 Å². The van der Waals surface area contributed by atoms with Crippen LogP contribution in [-0.2, 0) is 14.8 Å². The number of carbonyl (C=O) groups is 1. The molecule has 35 heavy (non-hydrogen) atoms. The van der Waals surface area contributed by atoms with Crippen LogP contribution in [0.15, 0.2) is 41.2 Å². The zero-order chi connectivity index (χ0) is 25.5. The number of nitrogens with zero attached hydrogens (tertiary/aromatic N) is 4. The SMILES string of the molecule is [B][I-]C(=O)C(CC)C1N=C(c2ccc(NS(=O)(=O)C=C)cc2)c2c(sc(C)c2C)-n2c(C)nnc21. The molecule has 0 saturated carbocycles. The number of rotatable bonds is 8. The summed E-state index contributed by atoms with van der Waals surface area (Å²) in [5, 5.41) is 10.6. The van der Waals surface area contributed by atoms with E-state index in [9.17, 15) is 13.2 Å². The molecule has 1 N–H and O–H groups in total. The van der Waals surface area contributed by atoms with Crippen LogP contribution in [0.2, 0.25) is 0 Å². The molecule has 1 aliphatic rings. The fourth-order valence-electron chi connectivity index (χ4n) is 4.11. The first-order chi connectivity index (χ1) is 16.6. The average Bonchev–Trinajstić information content (AvgIpc) is 3.31. The average molecular weight is 620 g/mol. The number of carbonyl (C=O) groups excluding carboxylic acids is 1. The Morgan fingerprint density at radius 1 is 1.29 bits per heavy atom. The molecule has 0 spiro atoms. The Morgan fingerprint density at radius 3 is 2.57 bits per heavy atom. The third-order valence-electron chi connectivity index (χ3n) is 6.05. The Bertz CT molecular complexity index is 1440. The summed E-state index contributed by atoms with van der Waals surface area (Å²) >= 11 is 0.529. The van der Waals surface area contributed by atoms with Crippen LogP contribution in [-0.4, -0.2) is 38.4 Å². The van der Waals surface area contributed by atoms with Gasteiger partial charge in [-0.05, 0) is 0 Å². The molecular weight excluding hydrogens is 596 g/mol. The van der Waals surface area contributed by atoms with Crippen molar-refractivity contribution < 1.29 is 34.2 Å². The van der Waals surface area contributed by atoms with E-state index in [1.807, 2.05) is 30.5 Å². The number of hydrogen-bond acceptors (Lipinski definition) is 7. The van der Waals surface area contributed by atoms with Gasteiger partial charge in [-0.3, -0.25) is 0 Å². The minimum atomic E-state index is -3.62. The zero-order valence-electron chi connectivity index (χ0n) is 19.7. The topological polar surface area (TPSA) is 106 Å². The van der Waals surface area contributed by atoms with Crippen molar-refractivity contribution in [2.24, 2.45) is 10.9 Å². The number of thiophene rings is 1. The van der Waals surface area contributed by atoms with Gasteiger partial charge in [0.1, 0.15) is 0 Å². The van der Waals surface area contributed by atoms with Gasteiger partial charge in [0.25, 0.3) is 0 Å². The second-order valence-electron chi connectivity index (χ2n) is 8.15. The van der Waals surface area contributed by atoms with Gasteiger partial charge in [-0.15, -0.1) is 0 Å². The Hall–Kier alpha value is -2.32. The molecule has 1 aliphatic heterocycles. The number of nitrogens with one attached hydrogen (secondary N) is 1. The van der Waals surface area contributed by atoms with Crippen LogP contribution < -0.4 is 25.7 Å². The summed E-state index contributed by atoms with van der Waals surface area (Å²) in [6.45, 7) is 11.3. The standard InChI is InChI=1S/C23H24BIN5O3S2/c1-6-17(21(31)25-24)20-22-28-27-14(5)30(22)23-18(12(3)13(4)34-23)19(26-20)15-8-10-16(11-9-15)29-35(32,33)7-2/h7-11,17,20,29H,2,6H2,1,3-5H3/q-1. The molecule has 182 valence electrons. The zero-order valence-corrected chi connectivity index (χ0v) is 23.5. The van der Waals surface area contributed by atoms with Gasteiger partial charge in [0.15, 0.2) is 0 Å². The molecule has 0 fully saturated rings. The van der Waals surface area contributed by atoms with E-state index in [1.54, 1.807) is 23.5 Å². The van der Waals surface area contributed by atoms with E-state index in [1.165, 1.54) is 0 Å². The monoisotopic (exact) mass is 620 g/mol. The molecule has 0 aliphatic carbocycles. The molecule has 2 radical (unpaired) electrons. The normalized spacial score (nSPS) is 16.1. The van der Waals surface area contributed by atoms with Gasteiger partial charge in [0, 0.05) is 0 Å². The first-order valence-electron chi connectivity index (χ1n) is 10.8. The Kier molecular flexibility index (Phi) is 7.34. The van der Waals surface area contributed by atoms with Crippen molar-refractivity contribution in [1.82, 2.24) is 14.8 Å². The summed E-state index contributed by atoms with van der Waals surface area (Å²) in [4.78, 5) is 19.2. The molecule has 0 bridgehead atoms. The summed E-state index contributed by atoms with van der Waals surface area (Å²) in [6.07, 6.45) is 0.580. The summed E-state index contributed by atoms with van der Waals surface area (Å²) in [5.41, 5.74) is 9.86. The van der Waals surface area contributed by atoms with Crippen molar-refractivity contribution in [3.63, 3.8) is 0 Å². The van der Waals surface area contributed by atoms with Crippen LogP contribution in [0, 0.1) is 26.7 Å². The van der Waals surface area contributed by atoms with Gasteiger partial charge in [-0.25, -0.2) is 0 Å². The van der Waals surface area contributed by atoms with E-state index in [0.717, 1.165) is 43.5 Å². The van der Waals surface area contributed by atoms with Crippen LogP contribution in [0.1, 0.15) is 52.6 Å². The van der Waals surface area contributed by atoms with Crippen molar-refractivity contribution in [2.45, 2.75) is 40.2 Å². The maximum atomic E-state index is 12.9. The van der Waals surface area contributed by atoms with E-state index < -0.39 is 43.0 Å². The fourth-order valence-corrected chi connectivity index (χ4v) is 7.11. The molecule has 0 amide bonds. The van der Waals surface area contributed by atoms with Crippen LogP contribution >= 0.6 is 11.3 Å². The first-order valence-corrected chi connectivity index (χ1v) is 15.5. The number of halogens is 1. The molecule has 4 rings (SSSR count). The van der Waals surface area contributed by atoms with E-state index in [0.29, 0.717) is 17.9 Å². The number of sulfonamides is 1. The summed E-state index contributed by atoms with van der Waals surface area (Å²) in [6, 6.07) is 6.49. The van der Waals surface area contributed by atoms with Crippen molar-refractivity contribution in [1.29, 1.82) is 0 Å². The van der Waals surface area contributed by atoms with E-state index in [2.05, 4.69) is 35.3 Å². The predicted molar refractivity (Wildman–Crippen MR) is 136 cm³/mol. The van der Waals surface area contributed by atoms with Gasteiger partial charge in [-0.1, -0.05) is 6.58 Å². The molecule has 2 atom stereocenters. The first kappa shape index (κ1) is 25.8. The number of hydrogen-bond donors (Lipinski definition) is 1. The minimum absolute atomic E-state index is 0.0268. The number of benzene rings is 1. The van der Waals surface area contributed by atoms with E-state index >= 15 is 0 Å². The number of aryl methyl sites for hydroxylation is 2. The molecule has 12 heteroatoms. The van der Waals surface area contributed by atoms with Crippen LogP contribution in [0.25, 0.3) is 5.00 Å². The van der Waals surface area contributed by atoms with Crippen molar-refractivity contribution >= 4 is 42.3 Å². The summed E-state index contributed by atoms with van der Waals surface area (Å²) < 4.78 is 28.3. The number of aliphatic imine (C=N–C) groups is 1. The van der Waals surface area contributed by atoms with Gasteiger partial charge in [-0.2, -0.15) is 0 Å². The van der Waals surface area contributed by atoms with Crippen molar-refractivity contribution in [2.75, 3.05) is 4.72 Å². The van der Waals surface area contributed by atoms with Gasteiger partial charge in [0.2, 0.25) is 0 Å². The number of aromatic nitrogens is 3. The molecule has 1 aromatic carbocycles. The van der Waals surface area contributed by atoms with Crippen LogP contribution in [0.4, 0.5) is 5.69 Å². The molecule has 2 unspecified atom stereocenters. The second-order valence-corrected chi connectivity index (χ2v) is 12.7. The van der Waals surface area contributed by atoms with Crippen LogP contribution in [0.5, 0.6) is 0 Å². The maximum absolute atomic E-state index is 12.9. The predicted octanol–water partition coefficient (Wildman–Crippen LogP) is 0.757. The second kappa shape index (κ2) is 9.98. The third-order valence-corrected chi connectivity index (χ3v) is 9.61. The van der Waals surface area contributed by atoms with Crippen molar-refractivity contribution in [3.05, 3.63) is 69.5 Å². The third kappa shape index (κ3) is 4.75. The number of anilines is 1. The molecular formula is C23H24BIN5O3S2-. The van der Waals surface area contributed by atoms with Gasteiger partial charge >= 0.3 is 215 Å². The Morgan fingerprint density at radius 2 is 1.97 bits per heavy atom. The Balaban J connectivity index is 1.94. The van der Waals surface area contributed by atoms with Crippen molar-refractivity contribution in [3.8, 4) is 5.00 Å². The van der Waals surface area contributed by atoms with Gasteiger partial charge < -0.3 is 0 Å². The summed E-state index contributed by atoms with van der Waals surface area (Å²) in [7, 11) is -3.62. The quantitative estimate of drug-likeness (QED) is 0.228. The fraction of sp³-hybridized carbons (Fsp3) is 0.304. The number of fused-ring (bicyclic) bond motifs is 3. The van der Waals surface area contributed by atoms with E-state index in [-0.39, 0.29) is 3.79 Å².